The molecule has 1 aromatic rings. The van der Waals surface area contributed by atoms with Gasteiger partial charge in [0.2, 0.25) is 10.0 Å². The fourth-order valence-electron chi connectivity index (χ4n) is 1.44. The standard InChI is InChI=1S/C12H15Cl2NO5S/c1-3-19-6-7(2)20-12(16)9-4-8(21(15,17)18)5-10(13)11(9)14/h4-5,7H,3,6H2,1-2H3,(H2,15,17,18). The zero-order chi connectivity index (χ0) is 16.2. The van der Waals surface area contributed by atoms with Crippen LogP contribution in [0.2, 0.25) is 10.0 Å². The second kappa shape index (κ2) is 7.42. The molecule has 2 N–H and O–H groups in total. The normalized spacial score (nSPS) is 13.0. The molecule has 1 atom stereocenters. The van der Waals surface area contributed by atoms with Gasteiger partial charge in [0.05, 0.1) is 27.1 Å². The van der Waals surface area contributed by atoms with Crippen LogP contribution in [0.4, 0.5) is 0 Å². The van der Waals surface area contributed by atoms with Crippen molar-refractivity contribution >= 4 is 39.2 Å². The van der Waals surface area contributed by atoms with Crippen LogP contribution in [-0.2, 0) is 19.5 Å². The molecule has 1 unspecified atom stereocenters. The monoisotopic (exact) mass is 355 g/mol. The maximum absolute atomic E-state index is 12.0. The highest BCUT2D eigenvalue weighted by Gasteiger charge is 2.21. The molecule has 0 saturated heterocycles. The van der Waals surface area contributed by atoms with Gasteiger partial charge in [-0.3, -0.25) is 0 Å². The quantitative estimate of drug-likeness (QED) is 0.789. The lowest BCUT2D eigenvalue weighted by atomic mass is 10.2. The van der Waals surface area contributed by atoms with Crippen molar-refractivity contribution in [1.82, 2.24) is 0 Å². The summed E-state index contributed by atoms with van der Waals surface area (Å²) in [5.74, 6) is -0.806. The van der Waals surface area contributed by atoms with Gasteiger partial charge in [0.15, 0.2) is 0 Å². The van der Waals surface area contributed by atoms with Gasteiger partial charge in [-0.15, -0.1) is 0 Å². The minimum atomic E-state index is -4.02. The summed E-state index contributed by atoms with van der Waals surface area (Å²) < 4.78 is 32.9. The van der Waals surface area contributed by atoms with Crippen molar-refractivity contribution in [3.8, 4) is 0 Å². The molecular formula is C12H15Cl2NO5S. The van der Waals surface area contributed by atoms with Gasteiger partial charge >= 0.3 is 5.97 Å². The van der Waals surface area contributed by atoms with Crippen LogP contribution in [0.15, 0.2) is 17.0 Å². The lowest BCUT2D eigenvalue weighted by molar-refractivity contribution is 0.00439. The summed E-state index contributed by atoms with van der Waals surface area (Å²) in [7, 11) is -4.02. The second-order valence-corrected chi connectivity index (χ2v) is 6.53. The van der Waals surface area contributed by atoms with E-state index in [1.54, 1.807) is 13.8 Å². The molecule has 0 heterocycles. The molecule has 21 heavy (non-hydrogen) atoms. The van der Waals surface area contributed by atoms with Crippen LogP contribution in [0.5, 0.6) is 0 Å². The molecule has 0 radical (unpaired) electrons. The summed E-state index contributed by atoms with van der Waals surface area (Å²) in [4.78, 5) is 11.7. The highest BCUT2D eigenvalue weighted by Crippen LogP contribution is 2.29. The summed E-state index contributed by atoms with van der Waals surface area (Å²) in [6.07, 6.45) is -0.523. The Bertz CT molecular complexity index is 633. The van der Waals surface area contributed by atoms with Crippen LogP contribution in [0, 0.1) is 0 Å². The first-order valence-electron chi connectivity index (χ1n) is 5.97. The lowest BCUT2D eigenvalue weighted by Crippen LogP contribution is -2.21. The van der Waals surface area contributed by atoms with Crippen LogP contribution in [-0.4, -0.2) is 33.7 Å². The highest BCUT2D eigenvalue weighted by atomic mass is 35.5. The average molecular weight is 356 g/mol. The molecule has 0 aliphatic carbocycles. The number of esters is 1. The summed E-state index contributed by atoms with van der Waals surface area (Å²) in [6, 6.07) is 2.10. The molecule has 0 aromatic heterocycles. The number of ether oxygens (including phenoxy) is 2. The largest absolute Gasteiger partial charge is 0.457 e. The Hall–Kier alpha value is -0.860. The molecule has 118 valence electrons. The summed E-state index contributed by atoms with van der Waals surface area (Å²) >= 11 is 11.7. The van der Waals surface area contributed by atoms with Gasteiger partial charge < -0.3 is 9.47 Å². The topological polar surface area (TPSA) is 95.7 Å². The van der Waals surface area contributed by atoms with Crippen LogP contribution in [0.1, 0.15) is 24.2 Å². The molecule has 0 fully saturated rings. The first kappa shape index (κ1) is 18.2. The van der Waals surface area contributed by atoms with E-state index in [4.69, 9.17) is 37.8 Å². The number of sulfonamides is 1. The third-order valence-electron chi connectivity index (χ3n) is 2.42. The Kier molecular flexibility index (Phi) is 6.42. The van der Waals surface area contributed by atoms with Crippen molar-refractivity contribution in [2.45, 2.75) is 24.8 Å². The molecule has 0 saturated carbocycles. The van der Waals surface area contributed by atoms with Crippen LogP contribution >= 0.6 is 23.2 Å². The predicted octanol–water partition coefficient (Wildman–Crippen LogP) is 2.22. The Morgan fingerprint density at radius 1 is 1.38 bits per heavy atom. The van der Waals surface area contributed by atoms with E-state index in [2.05, 4.69) is 0 Å². The molecule has 1 aromatic carbocycles. The van der Waals surface area contributed by atoms with Crippen LogP contribution < -0.4 is 5.14 Å². The number of carbonyl (C=O) groups excluding carboxylic acids is 1. The Balaban J connectivity index is 3.06. The Labute approximate surface area is 133 Å². The zero-order valence-electron chi connectivity index (χ0n) is 11.4. The molecule has 9 heteroatoms. The first-order valence-corrected chi connectivity index (χ1v) is 8.27. The Morgan fingerprint density at radius 2 is 2.00 bits per heavy atom. The minimum absolute atomic E-state index is 0.0994. The fraction of sp³-hybridized carbons (Fsp3) is 0.417. The van der Waals surface area contributed by atoms with E-state index in [9.17, 15) is 13.2 Å². The van der Waals surface area contributed by atoms with Gasteiger partial charge in [0.1, 0.15) is 6.10 Å². The number of nitrogens with two attached hydrogens (primary N) is 1. The maximum Gasteiger partial charge on any atom is 0.340 e. The maximum atomic E-state index is 12.0. The smallest absolute Gasteiger partial charge is 0.340 e. The van der Waals surface area contributed by atoms with Crippen molar-refractivity contribution in [3.05, 3.63) is 27.7 Å². The molecular weight excluding hydrogens is 341 g/mol. The molecule has 0 spiro atoms. The molecule has 0 bridgehead atoms. The van der Waals surface area contributed by atoms with Crippen molar-refractivity contribution < 1.29 is 22.7 Å². The van der Waals surface area contributed by atoms with Crippen molar-refractivity contribution in [2.75, 3.05) is 13.2 Å². The van der Waals surface area contributed by atoms with E-state index >= 15 is 0 Å². The van der Waals surface area contributed by atoms with Gasteiger partial charge in [0, 0.05) is 6.61 Å². The van der Waals surface area contributed by atoms with Crippen LogP contribution in [0.3, 0.4) is 0 Å². The lowest BCUT2D eigenvalue weighted by Gasteiger charge is -2.14. The highest BCUT2D eigenvalue weighted by molar-refractivity contribution is 7.89. The summed E-state index contributed by atoms with van der Waals surface area (Å²) in [6.45, 7) is 4.13. The molecule has 0 amide bonds. The number of rotatable bonds is 6. The molecule has 0 aliphatic heterocycles. The van der Waals surface area contributed by atoms with Crippen molar-refractivity contribution in [3.63, 3.8) is 0 Å². The molecule has 1 rings (SSSR count). The third kappa shape index (κ3) is 5.12. The SMILES string of the molecule is CCOCC(C)OC(=O)c1cc(S(N)(=O)=O)cc(Cl)c1Cl. The number of halogens is 2. The van der Waals surface area contributed by atoms with Gasteiger partial charge in [-0.2, -0.15) is 0 Å². The first-order chi connectivity index (χ1) is 9.66. The zero-order valence-corrected chi connectivity index (χ0v) is 13.8. The fourth-order valence-corrected chi connectivity index (χ4v) is 2.48. The summed E-state index contributed by atoms with van der Waals surface area (Å²) in [5.41, 5.74) is -0.170. The van der Waals surface area contributed by atoms with Gasteiger partial charge in [-0.25, -0.2) is 18.4 Å². The van der Waals surface area contributed by atoms with E-state index < -0.39 is 22.1 Å². The van der Waals surface area contributed by atoms with Crippen molar-refractivity contribution in [2.24, 2.45) is 5.14 Å². The number of hydrogen-bond donors (Lipinski definition) is 1. The van der Waals surface area contributed by atoms with E-state index in [0.29, 0.717) is 6.61 Å². The van der Waals surface area contributed by atoms with E-state index in [1.807, 2.05) is 0 Å². The number of benzene rings is 1. The summed E-state index contributed by atoms with van der Waals surface area (Å²) in [5, 5.41) is 4.81. The van der Waals surface area contributed by atoms with Gasteiger partial charge in [-0.1, -0.05) is 23.2 Å². The molecule has 6 nitrogen and oxygen atoms in total. The van der Waals surface area contributed by atoms with Crippen molar-refractivity contribution in [1.29, 1.82) is 0 Å². The van der Waals surface area contributed by atoms with Crippen LogP contribution in [0.25, 0.3) is 0 Å². The predicted molar refractivity (Wildman–Crippen MR) is 79.2 cm³/mol. The minimum Gasteiger partial charge on any atom is -0.457 e. The van der Waals surface area contributed by atoms with Gasteiger partial charge in [0.25, 0.3) is 0 Å². The third-order valence-corrected chi connectivity index (χ3v) is 4.11. The number of primary sulfonamides is 1. The Morgan fingerprint density at radius 3 is 2.52 bits per heavy atom. The molecule has 0 aliphatic rings. The van der Waals surface area contributed by atoms with Gasteiger partial charge in [-0.05, 0) is 26.0 Å². The van der Waals surface area contributed by atoms with E-state index in [1.165, 1.54) is 0 Å². The second-order valence-electron chi connectivity index (χ2n) is 4.19. The number of hydrogen-bond acceptors (Lipinski definition) is 5. The van der Waals surface area contributed by atoms with E-state index in [-0.39, 0.29) is 27.1 Å². The average Bonchev–Trinajstić information content (AvgIpc) is 2.37. The number of carbonyl (C=O) groups is 1. The van der Waals surface area contributed by atoms with E-state index in [0.717, 1.165) is 12.1 Å².